The van der Waals surface area contributed by atoms with E-state index in [4.69, 9.17) is 5.10 Å². The summed E-state index contributed by atoms with van der Waals surface area (Å²) in [6.45, 7) is 2.62. The first-order valence-corrected chi connectivity index (χ1v) is 9.34. The Bertz CT molecular complexity index is 1200. The number of aromatic amines is 1. The van der Waals surface area contributed by atoms with Gasteiger partial charge in [0.2, 0.25) is 0 Å². The normalized spacial score (nSPS) is 16.7. The molecule has 0 saturated heterocycles. The molecule has 30 heavy (non-hydrogen) atoms. The molecule has 154 valence electrons. The SMILES string of the molecule is Cc1cccn2nc([C@H]3c4nc[nH]c4CCN3c3ccc(OC(F)(F)F)cn3)cc12. The van der Waals surface area contributed by atoms with Gasteiger partial charge in [-0.05, 0) is 36.8 Å². The van der Waals surface area contributed by atoms with Gasteiger partial charge < -0.3 is 14.6 Å². The van der Waals surface area contributed by atoms with E-state index in [1.165, 1.54) is 12.1 Å². The number of nitrogens with zero attached hydrogens (tertiary/aromatic N) is 5. The lowest BCUT2D eigenvalue weighted by Crippen LogP contribution is -2.37. The minimum Gasteiger partial charge on any atom is -0.404 e. The van der Waals surface area contributed by atoms with Crippen LogP contribution in [0.1, 0.15) is 28.7 Å². The summed E-state index contributed by atoms with van der Waals surface area (Å²) in [7, 11) is 0. The van der Waals surface area contributed by atoms with Gasteiger partial charge in [0, 0.05) is 24.9 Å². The Morgan fingerprint density at radius 1 is 1.20 bits per heavy atom. The van der Waals surface area contributed by atoms with Gasteiger partial charge in [-0.25, -0.2) is 14.5 Å². The molecule has 0 fully saturated rings. The molecule has 0 aromatic carbocycles. The van der Waals surface area contributed by atoms with Crippen molar-refractivity contribution in [2.75, 3.05) is 11.4 Å². The Kier molecular flexibility index (Phi) is 4.16. The molecule has 1 aliphatic heterocycles. The highest BCUT2D eigenvalue weighted by Crippen LogP contribution is 2.36. The van der Waals surface area contributed by atoms with Crippen molar-refractivity contribution in [3.8, 4) is 5.75 Å². The predicted octanol–water partition coefficient (Wildman–Crippen LogP) is 3.81. The number of nitrogens with one attached hydrogen (secondary N) is 1. The highest BCUT2D eigenvalue weighted by molar-refractivity contribution is 5.57. The van der Waals surface area contributed by atoms with Gasteiger partial charge in [-0.15, -0.1) is 13.2 Å². The zero-order valence-corrected chi connectivity index (χ0v) is 15.9. The molecule has 5 heterocycles. The summed E-state index contributed by atoms with van der Waals surface area (Å²) in [6, 6.07) is 8.42. The topological polar surface area (TPSA) is 71.3 Å². The number of aryl methyl sites for hydroxylation is 1. The molecule has 0 unspecified atom stereocenters. The average Bonchev–Trinajstić information content (AvgIpc) is 3.34. The third-order valence-corrected chi connectivity index (χ3v) is 5.19. The van der Waals surface area contributed by atoms with Crippen LogP contribution in [0.3, 0.4) is 0 Å². The molecule has 4 aromatic heterocycles. The van der Waals surface area contributed by atoms with Gasteiger partial charge in [0.15, 0.2) is 0 Å². The summed E-state index contributed by atoms with van der Waals surface area (Å²) >= 11 is 0. The van der Waals surface area contributed by atoms with Crippen LogP contribution in [-0.4, -0.2) is 37.5 Å². The fourth-order valence-electron chi connectivity index (χ4n) is 3.87. The minimum atomic E-state index is -4.75. The van der Waals surface area contributed by atoms with Gasteiger partial charge >= 0.3 is 6.36 Å². The van der Waals surface area contributed by atoms with E-state index in [9.17, 15) is 13.2 Å². The molecule has 0 aliphatic carbocycles. The van der Waals surface area contributed by atoms with Gasteiger partial charge in [-0.2, -0.15) is 5.10 Å². The lowest BCUT2D eigenvalue weighted by Gasteiger charge is -2.34. The second kappa shape index (κ2) is 6.75. The Balaban J connectivity index is 1.56. The first kappa shape index (κ1) is 18.5. The summed E-state index contributed by atoms with van der Waals surface area (Å²) in [6.07, 6.45) is 0.561. The molecule has 7 nitrogen and oxygen atoms in total. The molecule has 4 aromatic rings. The van der Waals surface area contributed by atoms with Crippen molar-refractivity contribution in [3.63, 3.8) is 0 Å². The maximum atomic E-state index is 12.5. The second-order valence-electron chi connectivity index (χ2n) is 7.10. The van der Waals surface area contributed by atoms with Crippen LogP contribution in [0.4, 0.5) is 19.0 Å². The summed E-state index contributed by atoms with van der Waals surface area (Å²) in [5, 5.41) is 4.74. The van der Waals surface area contributed by atoms with Crippen LogP contribution in [0.25, 0.3) is 5.52 Å². The predicted molar refractivity (Wildman–Crippen MR) is 102 cm³/mol. The zero-order valence-electron chi connectivity index (χ0n) is 15.9. The number of imidazole rings is 1. The molecule has 10 heteroatoms. The number of hydrogen-bond donors (Lipinski definition) is 1. The quantitative estimate of drug-likeness (QED) is 0.552. The van der Waals surface area contributed by atoms with E-state index in [0.717, 1.165) is 34.4 Å². The molecule has 0 radical (unpaired) electrons. The van der Waals surface area contributed by atoms with E-state index in [1.807, 2.05) is 40.7 Å². The van der Waals surface area contributed by atoms with Crippen molar-refractivity contribution in [3.05, 3.63) is 71.7 Å². The number of halogens is 3. The van der Waals surface area contributed by atoms with Crippen LogP contribution < -0.4 is 9.64 Å². The van der Waals surface area contributed by atoms with Crippen molar-refractivity contribution >= 4 is 11.3 Å². The van der Waals surface area contributed by atoms with Crippen LogP contribution in [0, 0.1) is 6.92 Å². The molecule has 1 N–H and O–H groups in total. The smallest absolute Gasteiger partial charge is 0.404 e. The van der Waals surface area contributed by atoms with Gasteiger partial charge in [0.1, 0.15) is 17.6 Å². The summed E-state index contributed by atoms with van der Waals surface area (Å²) in [4.78, 5) is 13.9. The van der Waals surface area contributed by atoms with Crippen molar-refractivity contribution in [1.29, 1.82) is 0 Å². The Hall–Kier alpha value is -3.56. The summed E-state index contributed by atoms with van der Waals surface area (Å²) < 4.78 is 43.1. The van der Waals surface area contributed by atoms with Crippen LogP contribution in [-0.2, 0) is 6.42 Å². The fraction of sp³-hybridized carbons (Fsp3) is 0.250. The number of ether oxygens (including phenoxy) is 1. The van der Waals surface area contributed by atoms with E-state index in [1.54, 1.807) is 6.33 Å². The van der Waals surface area contributed by atoms with Gasteiger partial charge in [-0.1, -0.05) is 6.07 Å². The number of rotatable bonds is 3. The van der Waals surface area contributed by atoms with Gasteiger partial charge in [-0.3, -0.25) is 0 Å². The summed E-state index contributed by atoms with van der Waals surface area (Å²) in [5.41, 5.74) is 4.71. The molecule has 0 amide bonds. The maximum absolute atomic E-state index is 12.5. The highest BCUT2D eigenvalue weighted by Gasteiger charge is 2.35. The molecule has 1 aliphatic rings. The van der Waals surface area contributed by atoms with Crippen LogP contribution >= 0.6 is 0 Å². The van der Waals surface area contributed by atoms with Gasteiger partial charge in [0.25, 0.3) is 0 Å². The molecule has 0 spiro atoms. The number of hydrogen-bond acceptors (Lipinski definition) is 5. The number of pyridine rings is 2. The summed E-state index contributed by atoms with van der Waals surface area (Å²) in [5.74, 6) is 0.167. The Labute approximate surface area is 169 Å². The van der Waals surface area contributed by atoms with E-state index in [0.29, 0.717) is 18.8 Å². The van der Waals surface area contributed by atoms with Gasteiger partial charge in [0.05, 0.1) is 29.4 Å². The number of anilines is 1. The maximum Gasteiger partial charge on any atom is 0.573 e. The largest absolute Gasteiger partial charge is 0.573 e. The Morgan fingerprint density at radius 2 is 2.07 bits per heavy atom. The molecular weight excluding hydrogens is 397 g/mol. The standard InChI is InChI=1S/C20H17F3N6O/c1-12-3-2-7-29-16(12)9-15(27-29)19-18-14(25-11-26-18)6-8-28(19)17-5-4-13(10-24-17)30-20(21,22)23/h2-5,7,9-11,19H,6,8H2,1H3,(H,25,26)/t19-/m0/s1. The Morgan fingerprint density at radius 3 is 2.80 bits per heavy atom. The highest BCUT2D eigenvalue weighted by atomic mass is 19.4. The molecule has 5 rings (SSSR count). The van der Waals surface area contributed by atoms with Crippen LogP contribution in [0.15, 0.2) is 49.1 Å². The van der Waals surface area contributed by atoms with Crippen LogP contribution in [0.2, 0.25) is 0 Å². The number of aromatic nitrogens is 5. The third-order valence-electron chi connectivity index (χ3n) is 5.19. The molecule has 0 bridgehead atoms. The van der Waals surface area contributed by atoms with Crippen LogP contribution in [0.5, 0.6) is 5.75 Å². The molecular formula is C20H17F3N6O. The fourth-order valence-corrected chi connectivity index (χ4v) is 3.87. The first-order valence-electron chi connectivity index (χ1n) is 9.34. The molecule has 1 atom stereocenters. The van der Waals surface area contributed by atoms with E-state index in [-0.39, 0.29) is 11.8 Å². The third kappa shape index (κ3) is 3.23. The van der Waals surface area contributed by atoms with Crippen molar-refractivity contribution in [2.24, 2.45) is 0 Å². The lowest BCUT2D eigenvalue weighted by molar-refractivity contribution is -0.274. The van der Waals surface area contributed by atoms with E-state index < -0.39 is 6.36 Å². The average molecular weight is 414 g/mol. The molecule has 0 saturated carbocycles. The van der Waals surface area contributed by atoms with E-state index in [2.05, 4.69) is 19.7 Å². The van der Waals surface area contributed by atoms with Crippen molar-refractivity contribution in [1.82, 2.24) is 24.6 Å². The van der Waals surface area contributed by atoms with E-state index >= 15 is 0 Å². The lowest BCUT2D eigenvalue weighted by atomic mass is 9.99. The monoisotopic (exact) mass is 414 g/mol. The number of H-pyrrole nitrogens is 1. The minimum absolute atomic E-state index is 0.318. The van der Waals surface area contributed by atoms with Crippen molar-refractivity contribution in [2.45, 2.75) is 25.7 Å². The number of fused-ring (bicyclic) bond motifs is 2. The zero-order chi connectivity index (χ0) is 20.9. The van der Waals surface area contributed by atoms with Crippen molar-refractivity contribution < 1.29 is 17.9 Å². The number of alkyl halides is 3. The first-order chi connectivity index (χ1) is 14.4. The second-order valence-corrected chi connectivity index (χ2v) is 7.10.